The average molecular weight is 340 g/mol. The minimum atomic E-state index is -3.91. The van der Waals surface area contributed by atoms with Gasteiger partial charge in [-0.15, -0.1) is 0 Å². The van der Waals surface area contributed by atoms with Gasteiger partial charge in [-0.25, -0.2) is 8.42 Å². The lowest BCUT2D eigenvalue weighted by atomic mass is 10.3. The number of halogens is 2. The van der Waals surface area contributed by atoms with Gasteiger partial charge in [0.05, 0.1) is 6.61 Å². The molecule has 0 amide bonds. The van der Waals surface area contributed by atoms with Crippen LogP contribution in [-0.2, 0) is 13.8 Å². The van der Waals surface area contributed by atoms with E-state index in [4.69, 9.17) is 31.8 Å². The number of rotatable bonds is 4. The van der Waals surface area contributed by atoms with Crippen molar-refractivity contribution in [3.63, 3.8) is 0 Å². The van der Waals surface area contributed by atoms with Crippen LogP contribution in [0.2, 0.25) is 5.02 Å². The van der Waals surface area contributed by atoms with Crippen LogP contribution in [0.3, 0.4) is 0 Å². The summed E-state index contributed by atoms with van der Waals surface area (Å²) in [5.74, 6) is 0.182. The molecule has 0 saturated carbocycles. The van der Waals surface area contributed by atoms with Crippen molar-refractivity contribution in [1.82, 2.24) is 4.90 Å². The SMILES string of the molecule is CN1CCOC(COc2ccc(Cl)cc2S(=O)(=O)Cl)C1. The molecule has 5 nitrogen and oxygen atoms in total. The second kappa shape index (κ2) is 6.49. The minimum Gasteiger partial charge on any atom is -0.489 e. The first-order valence-electron chi connectivity index (χ1n) is 6.03. The number of ether oxygens (including phenoxy) is 2. The van der Waals surface area contributed by atoms with Crippen LogP contribution in [0.15, 0.2) is 23.1 Å². The molecule has 1 unspecified atom stereocenters. The van der Waals surface area contributed by atoms with Crippen molar-refractivity contribution >= 4 is 31.3 Å². The van der Waals surface area contributed by atoms with Gasteiger partial charge in [0.2, 0.25) is 0 Å². The molecular formula is C12H15Cl2NO4S. The van der Waals surface area contributed by atoms with Crippen LogP contribution >= 0.6 is 22.3 Å². The Bertz CT molecular complexity index is 579. The van der Waals surface area contributed by atoms with E-state index in [2.05, 4.69) is 4.90 Å². The Kier molecular flexibility index (Phi) is 5.14. The summed E-state index contributed by atoms with van der Waals surface area (Å²) >= 11 is 5.78. The first-order chi connectivity index (χ1) is 9.36. The lowest BCUT2D eigenvalue weighted by molar-refractivity contribution is -0.0407. The zero-order valence-corrected chi connectivity index (χ0v) is 13.2. The summed E-state index contributed by atoms with van der Waals surface area (Å²) in [5, 5.41) is 0.283. The number of morpholine rings is 1. The number of hydrogen-bond donors (Lipinski definition) is 0. The largest absolute Gasteiger partial charge is 0.489 e. The molecule has 112 valence electrons. The third kappa shape index (κ3) is 4.23. The highest BCUT2D eigenvalue weighted by molar-refractivity contribution is 8.13. The minimum absolute atomic E-state index is 0.102. The summed E-state index contributed by atoms with van der Waals surface area (Å²) in [6.45, 7) is 2.49. The maximum absolute atomic E-state index is 11.5. The van der Waals surface area contributed by atoms with Crippen LogP contribution in [0.5, 0.6) is 5.75 Å². The van der Waals surface area contributed by atoms with E-state index in [1.54, 1.807) is 6.07 Å². The molecule has 1 aromatic carbocycles. The van der Waals surface area contributed by atoms with Crippen LogP contribution in [0.4, 0.5) is 0 Å². The van der Waals surface area contributed by atoms with Gasteiger partial charge in [0.1, 0.15) is 23.4 Å². The predicted octanol–water partition coefficient (Wildman–Crippen LogP) is 1.98. The first kappa shape index (κ1) is 15.9. The van der Waals surface area contributed by atoms with Crippen molar-refractivity contribution in [1.29, 1.82) is 0 Å². The van der Waals surface area contributed by atoms with Crippen molar-refractivity contribution in [3.05, 3.63) is 23.2 Å². The Morgan fingerprint density at radius 2 is 2.25 bits per heavy atom. The predicted molar refractivity (Wildman–Crippen MR) is 77.2 cm³/mol. The monoisotopic (exact) mass is 339 g/mol. The van der Waals surface area contributed by atoms with Crippen LogP contribution in [0.1, 0.15) is 0 Å². The van der Waals surface area contributed by atoms with E-state index in [1.807, 2.05) is 7.05 Å². The molecule has 0 aromatic heterocycles. The molecule has 1 aromatic rings. The molecule has 1 aliphatic rings. The topological polar surface area (TPSA) is 55.8 Å². The summed E-state index contributed by atoms with van der Waals surface area (Å²) in [6.07, 6.45) is -0.102. The standard InChI is InChI=1S/C12H15Cl2NO4S/c1-15-4-5-18-10(7-15)8-19-11-3-2-9(13)6-12(11)20(14,16)17/h2-3,6,10H,4-5,7-8H2,1H3. The normalized spacial score (nSPS) is 20.9. The summed E-state index contributed by atoms with van der Waals surface area (Å²) in [4.78, 5) is 1.99. The van der Waals surface area contributed by atoms with E-state index >= 15 is 0 Å². The smallest absolute Gasteiger partial charge is 0.265 e. The highest BCUT2D eigenvalue weighted by atomic mass is 35.7. The Labute approximate surface area is 127 Å². The molecule has 1 aliphatic heterocycles. The van der Waals surface area contributed by atoms with Crippen LogP contribution < -0.4 is 4.74 Å². The molecule has 1 heterocycles. The maximum atomic E-state index is 11.5. The first-order valence-corrected chi connectivity index (χ1v) is 8.72. The quantitative estimate of drug-likeness (QED) is 0.785. The summed E-state index contributed by atoms with van der Waals surface area (Å²) in [7, 11) is 3.46. The fourth-order valence-electron chi connectivity index (χ4n) is 1.94. The molecule has 0 aliphatic carbocycles. The molecule has 1 atom stereocenters. The van der Waals surface area contributed by atoms with Gasteiger partial charge in [-0.05, 0) is 25.2 Å². The average Bonchev–Trinajstić information content (AvgIpc) is 2.36. The van der Waals surface area contributed by atoms with Crippen LogP contribution in [-0.4, -0.2) is 52.8 Å². The highest BCUT2D eigenvalue weighted by Crippen LogP contribution is 2.30. The number of benzene rings is 1. The Morgan fingerprint density at radius 1 is 1.50 bits per heavy atom. The maximum Gasteiger partial charge on any atom is 0.265 e. The van der Waals surface area contributed by atoms with Gasteiger partial charge in [0, 0.05) is 28.8 Å². The third-order valence-corrected chi connectivity index (χ3v) is 4.51. The number of likely N-dealkylation sites (N-methyl/N-ethyl adjacent to an activating group) is 1. The highest BCUT2D eigenvalue weighted by Gasteiger charge is 2.21. The fraction of sp³-hybridized carbons (Fsp3) is 0.500. The van der Waals surface area contributed by atoms with Crippen LogP contribution in [0, 0.1) is 0 Å². The summed E-state index contributed by atoms with van der Waals surface area (Å²) in [5.41, 5.74) is 0. The van der Waals surface area contributed by atoms with Crippen molar-refractivity contribution in [2.75, 3.05) is 33.4 Å². The third-order valence-electron chi connectivity index (χ3n) is 2.94. The van der Waals surface area contributed by atoms with E-state index in [0.29, 0.717) is 6.61 Å². The van der Waals surface area contributed by atoms with E-state index in [9.17, 15) is 8.42 Å². The lowest BCUT2D eigenvalue weighted by Gasteiger charge is -2.29. The van der Waals surface area contributed by atoms with Gasteiger partial charge < -0.3 is 14.4 Å². The van der Waals surface area contributed by atoms with Gasteiger partial charge in [-0.2, -0.15) is 0 Å². The van der Waals surface area contributed by atoms with Gasteiger partial charge in [0.15, 0.2) is 0 Å². The molecule has 0 N–H and O–H groups in total. The summed E-state index contributed by atoms with van der Waals surface area (Å²) in [6, 6.07) is 4.31. The molecule has 0 bridgehead atoms. The van der Waals surface area contributed by atoms with Crippen molar-refractivity contribution in [3.8, 4) is 5.75 Å². The van der Waals surface area contributed by atoms with E-state index in [1.165, 1.54) is 12.1 Å². The van der Waals surface area contributed by atoms with Crippen molar-refractivity contribution in [2.24, 2.45) is 0 Å². The zero-order chi connectivity index (χ0) is 14.8. The Morgan fingerprint density at radius 3 is 2.90 bits per heavy atom. The zero-order valence-electron chi connectivity index (χ0n) is 10.9. The molecule has 8 heteroatoms. The van der Waals surface area contributed by atoms with Crippen molar-refractivity contribution in [2.45, 2.75) is 11.0 Å². The number of nitrogens with zero attached hydrogens (tertiary/aromatic N) is 1. The van der Waals surface area contributed by atoms with E-state index < -0.39 is 9.05 Å². The van der Waals surface area contributed by atoms with Gasteiger partial charge in [-0.1, -0.05) is 11.6 Å². The second-order valence-corrected chi connectivity index (χ2v) is 7.57. The Balaban J connectivity index is 2.09. The lowest BCUT2D eigenvalue weighted by Crippen LogP contribution is -2.42. The Hall–Kier alpha value is -0.530. The molecule has 2 rings (SSSR count). The van der Waals surface area contributed by atoms with Gasteiger partial charge in [0.25, 0.3) is 9.05 Å². The second-order valence-electron chi connectivity index (χ2n) is 4.59. The van der Waals surface area contributed by atoms with Crippen LogP contribution in [0.25, 0.3) is 0 Å². The van der Waals surface area contributed by atoms with Gasteiger partial charge >= 0.3 is 0 Å². The summed E-state index contributed by atoms with van der Waals surface area (Å²) < 4.78 is 34.1. The van der Waals surface area contributed by atoms with E-state index in [-0.39, 0.29) is 28.4 Å². The molecular weight excluding hydrogens is 325 g/mol. The van der Waals surface area contributed by atoms with Gasteiger partial charge in [-0.3, -0.25) is 0 Å². The molecule has 20 heavy (non-hydrogen) atoms. The number of hydrogen-bond acceptors (Lipinski definition) is 5. The fourth-order valence-corrected chi connectivity index (χ4v) is 3.18. The molecule has 1 fully saturated rings. The van der Waals surface area contributed by atoms with E-state index in [0.717, 1.165) is 13.1 Å². The molecule has 0 spiro atoms. The van der Waals surface area contributed by atoms with Crippen molar-refractivity contribution < 1.29 is 17.9 Å². The molecule has 1 saturated heterocycles. The molecule has 0 radical (unpaired) electrons.